The molecule has 1 aromatic rings. The number of rotatable bonds is 3. The van der Waals surface area contributed by atoms with E-state index in [-0.39, 0.29) is 5.91 Å². The highest BCUT2D eigenvalue weighted by atomic mass is 16.2. The Morgan fingerprint density at radius 2 is 2.00 bits per heavy atom. The summed E-state index contributed by atoms with van der Waals surface area (Å²) in [5.74, 6) is 0.148. The first-order valence-electron chi connectivity index (χ1n) is 5.54. The van der Waals surface area contributed by atoms with E-state index in [1.54, 1.807) is 0 Å². The molecule has 1 amide bonds. The average molecular weight is 219 g/mol. The molecule has 0 bridgehead atoms. The van der Waals surface area contributed by atoms with E-state index < -0.39 is 0 Å². The Kier molecular flexibility index (Phi) is 3.10. The first-order chi connectivity index (χ1) is 7.74. The summed E-state index contributed by atoms with van der Waals surface area (Å²) >= 11 is 0. The highest BCUT2D eigenvalue weighted by molar-refractivity contribution is 6.03. The number of benzene rings is 1. The Morgan fingerprint density at radius 1 is 1.31 bits per heavy atom. The lowest BCUT2D eigenvalue weighted by Crippen LogP contribution is -2.45. The van der Waals surface area contributed by atoms with Gasteiger partial charge in [0.25, 0.3) is 0 Å². The standard InChI is InChI=1S/C12H17N3O/c1-14-9-12(16)15(8-4-7-13)11-6-3-2-5-10(11)14/h2-3,5-6H,4,7-9,13H2,1H3. The number of amides is 1. The highest BCUT2D eigenvalue weighted by Gasteiger charge is 2.25. The molecule has 1 aliphatic heterocycles. The number of carbonyl (C=O) groups excluding carboxylic acids is 1. The van der Waals surface area contributed by atoms with Gasteiger partial charge in [-0.1, -0.05) is 12.1 Å². The van der Waals surface area contributed by atoms with Gasteiger partial charge < -0.3 is 15.5 Å². The molecular formula is C12H17N3O. The van der Waals surface area contributed by atoms with Crippen molar-refractivity contribution in [3.8, 4) is 0 Å². The van der Waals surface area contributed by atoms with E-state index in [0.717, 1.165) is 17.8 Å². The van der Waals surface area contributed by atoms with Gasteiger partial charge in [-0.15, -0.1) is 0 Å². The number of hydrogen-bond donors (Lipinski definition) is 1. The van der Waals surface area contributed by atoms with Gasteiger partial charge in [0.05, 0.1) is 17.9 Å². The van der Waals surface area contributed by atoms with Gasteiger partial charge in [0, 0.05) is 13.6 Å². The number of hydrogen-bond acceptors (Lipinski definition) is 3. The van der Waals surface area contributed by atoms with Gasteiger partial charge in [0.15, 0.2) is 0 Å². The summed E-state index contributed by atoms with van der Waals surface area (Å²) in [5.41, 5.74) is 7.60. The van der Waals surface area contributed by atoms with Crippen molar-refractivity contribution in [3.63, 3.8) is 0 Å². The van der Waals surface area contributed by atoms with E-state index in [0.29, 0.717) is 19.6 Å². The predicted molar refractivity (Wildman–Crippen MR) is 65.7 cm³/mol. The number of para-hydroxylation sites is 2. The lowest BCUT2D eigenvalue weighted by molar-refractivity contribution is -0.117. The van der Waals surface area contributed by atoms with Crippen molar-refractivity contribution >= 4 is 17.3 Å². The molecule has 0 radical (unpaired) electrons. The third-order valence-corrected chi connectivity index (χ3v) is 2.84. The van der Waals surface area contributed by atoms with Crippen LogP contribution < -0.4 is 15.5 Å². The molecule has 4 heteroatoms. The van der Waals surface area contributed by atoms with Crippen LogP contribution in [0.4, 0.5) is 11.4 Å². The summed E-state index contributed by atoms with van der Waals surface area (Å²) in [6.07, 6.45) is 0.837. The zero-order valence-corrected chi connectivity index (χ0v) is 9.52. The van der Waals surface area contributed by atoms with Gasteiger partial charge in [-0.25, -0.2) is 0 Å². The number of nitrogens with zero attached hydrogens (tertiary/aromatic N) is 2. The van der Waals surface area contributed by atoms with E-state index in [2.05, 4.69) is 0 Å². The lowest BCUT2D eigenvalue weighted by atomic mass is 10.1. The summed E-state index contributed by atoms with van der Waals surface area (Å²) in [6.45, 7) is 1.77. The van der Waals surface area contributed by atoms with Crippen LogP contribution in [0.2, 0.25) is 0 Å². The largest absolute Gasteiger partial charge is 0.364 e. The smallest absolute Gasteiger partial charge is 0.246 e. The number of fused-ring (bicyclic) bond motifs is 1. The maximum atomic E-state index is 11.9. The number of carbonyl (C=O) groups is 1. The minimum atomic E-state index is 0.148. The molecule has 0 fully saturated rings. The van der Waals surface area contributed by atoms with Crippen molar-refractivity contribution in [1.29, 1.82) is 0 Å². The predicted octanol–water partition coefficient (Wildman–Crippen LogP) is 0.818. The summed E-state index contributed by atoms with van der Waals surface area (Å²) < 4.78 is 0. The minimum Gasteiger partial charge on any atom is -0.364 e. The molecule has 0 aliphatic carbocycles. The third-order valence-electron chi connectivity index (χ3n) is 2.84. The summed E-state index contributed by atoms with van der Waals surface area (Å²) in [6, 6.07) is 7.98. The fourth-order valence-electron chi connectivity index (χ4n) is 2.02. The van der Waals surface area contributed by atoms with E-state index in [1.165, 1.54) is 0 Å². The zero-order chi connectivity index (χ0) is 11.5. The van der Waals surface area contributed by atoms with Gasteiger partial charge >= 0.3 is 0 Å². The average Bonchev–Trinajstić information content (AvgIpc) is 2.29. The van der Waals surface area contributed by atoms with Crippen LogP contribution in [0.3, 0.4) is 0 Å². The van der Waals surface area contributed by atoms with Gasteiger partial charge in [-0.2, -0.15) is 0 Å². The molecule has 0 unspecified atom stereocenters. The first-order valence-corrected chi connectivity index (χ1v) is 5.54. The second-order valence-corrected chi connectivity index (χ2v) is 4.03. The Bertz CT molecular complexity index is 392. The number of nitrogens with two attached hydrogens (primary N) is 1. The maximum Gasteiger partial charge on any atom is 0.246 e. The van der Waals surface area contributed by atoms with Crippen LogP contribution in [0.5, 0.6) is 0 Å². The Balaban J connectivity index is 2.31. The topological polar surface area (TPSA) is 49.6 Å². The van der Waals surface area contributed by atoms with Crippen LogP contribution >= 0.6 is 0 Å². The van der Waals surface area contributed by atoms with Crippen molar-refractivity contribution in [2.24, 2.45) is 5.73 Å². The molecule has 4 nitrogen and oxygen atoms in total. The lowest BCUT2D eigenvalue weighted by Gasteiger charge is -2.35. The van der Waals surface area contributed by atoms with Crippen LogP contribution in [0.15, 0.2) is 24.3 Å². The number of anilines is 2. The van der Waals surface area contributed by atoms with Crippen LogP contribution in [0, 0.1) is 0 Å². The Morgan fingerprint density at radius 3 is 2.69 bits per heavy atom. The quantitative estimate of drug-likeness (QED) is 0.818. The van der Waals surface area contributed by atoms with Crippen molar-refractivity contribution in [1.82, 2.24) is 0 Å². The van der Waals surface area contributed by atoms with Gasteiger partial charge in [-0.3, -0.25) is 4.79 Å². The van der Waals surface area contributed by atoms with E-state index in [4.69, 9.17) is 5.73 Å². The minimum absolute atomic E-state index is 0.148. The Hall–Kier alpha value is -1.55. The fourth-order valence-corrected chi connectivity index (χ4v) is 2.02. The van der Waals surface area contributed by atoms with E-state index >= 15 is 0 Å². The summed E-state index contributed by atoms with van der Waals surface area (Å²) in [7, 11) is 1.94. The number of likely N-dealkylation sites (N-methyl/N-ethyl adjacent to an activating group) is 1. The van der Waals surface area contributed by atoms with Crippen LogP contribution in [-0.2, 0) is 4.79 Å². The molecule has 2 rings (SSSR count). The molecule has 1 aromatic carbocycles. The van der Waals surface area contributed by atoms with E-state index in [9.17, 15) is 4.79 Å². The summed E-state index contributed by atoms with van der Waals surface area (Å²) in [5, 5.41) is 0. The highest BCUT2D eigenvalue weighted by Crippen LogP contribution is 2.32. The van der Waals surface area contributed by atoms with Crippen molar-refractivity contribution in [2.75, 3.05) is 36.5 Å². The molecule has 0 spiro atoms. The second kappa shape index (κ2) is 4.53. The molecule has 1 aliphatic rings. The van der Waals surface area contributed by atoms with Crippen LogP contribution in [-0.4, -0.2) is 32.6 Å². The molecule has 0 atom stereocenters. The van der Waals surface area contributed by atoms with Crippen molar-refractivity contribution in [2.45, 2.75) is 6.42 Å². The monoisotopic (exact) mass is 219 g/mol. The maximum absolute atomic E-state index is 11.9. The third kappa shape index (κ3) is 1.88. The normalized spacial score (nSPS) is 15.2. The fraction of sp³-hybridized carbons (Fsp3) is 0.417. The molecule has 0 aromatic heterocycles. The Labute approximate surface area is 95.6 Å². The van der Waals surface area contributed by atoms with Crippen LogP contribution in [0.25, 0.3) is 0 Å². The van der Waals surface area contributed by atoms with Gasteiger partial charge in [-0.05, 0) is 25.1 Å². The van der Waals surface area contributed by atoms with E-state index in [1.807, 2.05) is 41.1 Å². The SMILES string of the molecule is CN1CC(=O)N(CCCN)c2ccccc21. The summed E-state index contributed by atoms with van der Waals surface area (Å²) in [4.78, 5) is 15.7. The molecule has 86 valence electrons. The molecule has 2 N–H and O–H groups in total. The molecule has 0 saturated carbocycles. The van der Waals surface area contributed by atoms with Crippen molar-refractivity contribution < 1.29 is 4.79 Å². The second-order valence-electron chi connectivity index (χ2n) is 4.03. The molecular weight excluding hydrogens is 202 g/mol. The van der Waals surface area contributed by atoms with Gasteiger partial charge in [0.2, 0.25) is 5.91 Å². The van der Waals surface area contributed by atoms with Crippen LogP contribution in [0.1, 0.15) is 6.42 Å². The molecule has 16 heavy (non-hydrogen) atoms. The van der Waals surface area contributed by atoms with Crippen molar-refractivity contribution in [3.05, 3.63) is 24.3 Å². The molecule has 0 saturated heterocycles. The van der Waals surface area contributed by atoms with Gasteiger partial charge in [0.1, 0.15) is 0 Å². The molecule has 1 heterocycles. The zero-order valence-electron chi connectivity index (χ0n) is 9.52. The first kappa shape index (κ1) is 11.0.